The van der Waals surface area contributed by atoms with Crippen LogP contribution in [-0.4, -0.2) is 41.9 Å². The molecule has 0 aliphatic carbocycles. The van der Waals surface area contributed by atoms with E-state index in [0.717, 1.165) is 49.3 Å². The van der Waals surface area contributed by atoms with Crippen LogP contribution < -0.4 is 0 Å². The van der Waals surface area contributed by atoms with Gasteiger partial charge < -0.3 is 14.2 Å². The number of carbonyl (C=O) groups excluding carboxylic acids is 1. The lowest BCUT2D eigenvalue weighted by molar-refractivity contribution is -0.132. The molecular weight excluding hydrogens is 324 g/mol. The van der Waals surface area contributed by atoms with E-state index < -0.39 is 0 Å². The third kappa shape index (κ3) is 3.45. The van der Waals surface area contributed by atoms with E-state index in [4.69, 9.17) is 4.42 Å². The van der Waals surface area contributed by atoms with Crippen molar-refractivity contribution in [3.05, 3.63) is 35.6 Å². The first-order valence-electron chi connectivity index (χ1n) is 8.81. The molecule has 1 amide bonds. The number of para-hydroxylation sites is 1. The van der Waals surface area contributed by atoms with Crippen LogP contribution in [0.5, 0.6) is 0 Å². The minimum absolute atomic E-state index is 0. The minimum Gasteiger partial charge on any atom is -0.461 e. The Morgan fingerprint density at radius 1 is 1.08 bits per heavy atom. The Bertz CT molecular complexity index is 706. The molecule has 4 nitrogen and oxygen atoms in total. The van der Waals surface area contributed by atoms with Gasteiger partial charge in [-0.1, -0.05) is 24.6 Å². The zero-order chi connectivity index (χ0) is 15.6. The van der Waals surface area contributed by atoms with Gasteiger partial charge in [0.15, 0.2) is 0 Å². The summed E-state index contributed by atoms with van der Waals surface area (Å²) in [7, 11) is 0. The molecule has 130 valence electrons. The van der Waals surface area contributed by atoms with Crippen LogP contribution in [0, 0.1) is 0 Å². The van der Waals surface area contributed by atoms with E-state index in [-0.39, 0.29) is 18.3 Å². The molecule has 2 aliphatic rings. The van der Waals surface area contributed by atoms with Gasteiger partial charge >= 0.3 is 0 Å². The van der Waals surface area contributed by atoms with Crippen molar-refractivity contribution in [2.75, 3.05) is 26.2 Å². The maximum Gasteiger partial charge on any atom is 0.224 e. The Morgan fingerprint density at radius 2 is 1.88 bits per heavy atom. The standard InChI is InChI=1S/C19H24N2O2.ClH/c22-19(9-12-20-10-4-1-5-11-20)21-13-8-18-16(14-21)15-6-2-3-7-17(15)23-18;/h2-3,6-7H,1,4-5,8-14H2;1H. The number of furan rings is 1. The van der Waals surface area contributed by atoms with Gasteiger partial charge in [0.2, 0.25) is 5.91 Å². The van der Waals surface area contributed by atoms with Gasteiger partial charge in [0.05, 0.1) is 0 Å². The molecule has 3 heterocycles. The highest BCUT2D eigenvalue weighted by molar-refractivity contribution is 5.85. The normalized spacial score (nSPS) is 18.2. The van der Waals surface area contributed by atoms with Crippen molar-refractivity contribution < 1.29 is 9.21 Å². The van der Waals surface area contributed by atoms with Gasteiger partial charge in [-0.05, 0) is 32.0 Å². The van der Waals surface area contributed by atoms with Gasteiger partial charge in [-0.3, -0.25) is 4.79 Å². The van der Waals surface area contributed by atoms with E-state index in [1.165, 1.54) is 24.8 Å². The van der Waals surface area contributed by atoms with Crippen molar-refractivity contribution >= 4 is 29.3 Å². The van der Waals surface area contributed by atoms with Gasteiger partial charge in [-0.2, -0.15) is 0 Å². The molecule has 1 aromatic carbocycles. The van der Waals surface area contributed by atoms with Crippen LogP contribution in [0.4, 0.5) is 0 Å². The van der Waals surface area contributed by atoms with E-state index >= 15 is 0 Å². The van der Waals surface area contributed by atoms with E-state index in [2.05, 4.69) is 11.0 Å². The molecule has 4 rings (SSSR count). The summed E-state index contributed by atoms with van der Waals surface area (Å²) in [6.45, 7) is 4.71. The zero-order valence-electron chi connectivity index (χ0n) is 14.0. The highest BCUT2D eigenvalue weighted by Crippen LogP contribution is 2.30. The van der Waals surface area contributed by atoms with Crippen molar-refractivity contribution in [1.82, 2.24) is 9.80 Å². The van der Waals surface area contributed by atoms with Gasteiger partial charge in [-0.15, -0.1) is 12.4 Å². The Morgan fingerprint density at radius 3 is 2.71 bits per heavy atom. The Balaban J connectivity index is 0.00000169. The molecule has 0 unspecified atom stereocenters. The second-order valence-corrected chi connectivity index (χ2v) is 6.72. The maximum atomic E-state index is 12.6. The Kier molecular flexibility index (Phi) is 5.47. The summed E-state index contributed by atoms with van der Waals surface area (Å²) < 4.78 is 5.93. The highest BCUT2D eigenvalue weighted by Gasteiger charge is 2.25. The van der Waals surface area contributed by atoms with Crippen molar-refractivity contribution in [3.63, 3.8) is 0 Å². The average molecular weight is 349 g/mol. The van der Waals surface area contributed by atoms with Crippen LogP contribution in [0.25, 0.3) is 11.0 Å². The van der Waals surface area contributed by atoms with Crippen molar-refractivity contribution in [2.45, 2.75) is 38.6 Å². The van der Waals surface area contributed by atoms with Crippen LogP contribution >= 0.6 is 12.4 Å². The largest absolute Gasteiger partial charge is 0.461 e. The number of nitrogens with zero attached hydrogens (tertiary/aromatic N) is 2. The summed E-state index contributed by atoms with van der Waals surface area (Å²) in [6.07, 6.45) is 5.38. The summed E-state index contributed by atoms with van der Waals surface area (Å²) in [5.74, 6) is 1.35. The molecule has 5 heteroatoms. The number of carbonyl (C=O) groups is 1. The molecule has 1 saturated heterocycles. The monoisotopic (exact) mass is 348 g/mol. The summed E-state index contributed by atoms with van der Waals surface area (Å²) in [5.41, 5.74) is 2.15. The maximum absolute atomic E-state index is 12.6. The zero-order valence-corrected chi connectivity index (χ0v) is 14.8. The van der Waals surface area contributed by atoms with Crippen molar-refractivity contribution in [1.29, 1.82) is 0 Å². The lowest BCUT2D eigenvalue weighted by atomic mass is 10.0. The third-order valence-corrected chi connectivity index (χ3v) is 5.18. The fraction of sp³-hybridized carbons (Fsp3) is 0.526. The highest BCUT2D eigenvalue weighted by atomic mass is 35.5. The topological polar surface area (TPSA) is 36.7 Å². The second-order valence-electron chi connectivity index (χ2n) is 6.72. The van der Waals surface area contributed by atoms with Gasteiger partial charge in [0, 0.05) is 43.4 Å². The number of likely N-dealkylation sites (tertiary alicyclic amines) is 1. The number of fused-ring (bicyclic) bond motifs is 3. The molecule has 0 N–H and O–H groups in total. The second kappa shape index (κ2) is 7.58. The fourth-order valence-corrected chi connectivity index (χ4v) is 3.84. The number of rotatable bonds is 3. The number of hydrogen-bond donors (Lipinski definition) is 0. The van der Waals surface area contributed by atoms with Crippen LogP contribution in [0.15, 0.2) is 28.7 Å². The van der Waals surface area contributed by atoms with Crippen molar-refractivity contribution in [2.24, 2.45) is 0 Å². The molecule has 2 aliphatic heterocycles. The van der Waals surface area contributed by atoms with Gasteiger partial charge in [-0.25, -0.2) is 0 Å². The quantitative estimate of drug-likeness (QED) is 0.850. The molecule has 1 fully saturated rings. The smallest absolute Gasteiger partial charge is 0.224 e. The number of piperidine rings is 1. The van der Waals surface area contributed by atoms with E-state index in [9.17, 15) is 4.79 Å². The Labute approximate surface area is 149 Å². The molecule has 24 heavy (non-hydrogen) atoms. The lowest BCUT2D eigenvalue weighted by Crippen LogP contribution is -2.38. The minimum atomic E-state index is 0. The van der Waals surface area contributed by atoms with Crippen LogP contribution in [0.1, 0.15) is 37.0 Å². The molecule has 0 saturated carbocycles. The number of benzene rings is 1. The SMILES string of the molecule is Cl.O=C(CCN1CCCCC1)N1CCc2oc3ccccc3c2C1. The van der Waals surface area contributed by atoms with E-state index in [0.29, 0.717) is 13.0 Å². The summed E-state index contributed by atoms with van der Waals surface area (Å²) >= 11 is 0. The van der Waals surface area contributed by atoms with Crippen LogP contribution in [0.3, 0.4) is 0 Å². The summed E-state index contributed by atoms with van der Waals surface area (Å²) in [6, 6.07) is 8.14. The molecule has 0 atom stereocenters. The average Bonchev–Trinajstić information content (AvgIpc) is 2.98. The summed E-state index contributed by atoms with van der Waals surface area (Å²) in [5, 5.41) is 1.16. The van der Waals surface area contributed by atoms with Gasteiger partial charge in [0.25, 0.3) is 0 Å². The van der Waals surface area contributed by atoms with Crippen LogP contribution in [-0.2, 0) is 17.8 Å². The molecule has 0 bridgehead atoms. The number of amides is 1. The van der Waals surface area contributed by atoms with Crippen LogP contribution in [0.2, 0.25) is 0 Å². The number of hydrogen-bond acceptors (Lipinski definition) is 3. The first kappa shape index (κ1) is 17.3. The molecule has 1 aromatic heterocycles. The third-order valence-electron chi connectivity index (χ3n) is 5.18. The van der Waals surface area contributed by atoms with Crippen molar-refractivity contribution in [3.8, 4) is 0 Å². The lowest BCUT2D eigenvalue weighted by Gasteiger charge is -2.29. The molecule has 2 aromatic rings. The van der Waals surface area contributed by atoms with Gasteiger partial charge in [0.1, 0.15) is 11.3 Å². The first-order valence-corrected chi connectivity index (χ1v) is 8.81. The van der Waals surface area contributed by atoms with E-state index in [1.54, 1.807) is 0 Å². The fourth-order valence-electron chi connectivity index (χ4n) is 3.84. The summed E-state index contributed by atoms with van der Waals surface area (Å²) in [4.78, 5) is 17.0. The molecule has 0 radical (unpaired) electrons. The predicted molar refractivity (Wildman–Crippen MR) is 97.5 cm³/mol. The predicted octanol–water partition coefficient (Wildman–Crippen LogP) is 3.62. The van der Waals surface area contributed by atoms with E-state index in [1.807, 2.05) is 23.1 Å². The Hall–Kier alpha value is -1.52. The molecular formula is C19H25ClN2O2. The number of halogens is 1. The molecule has 0 spiro atoms. The first-order chi connectivity index (χ1) is 11.3.